The molecule has 160 valence electrons. The van der Waals surface area contributed by atoms with Crippen molar-refractivity contribution in [2.45, 2.75) is 130 Å². The van der Waals surface area contributed by atoms with Crippen LogP contribution in [0.4, 0.5) is 0 Å². The van der Waals surface area contributed by atoms with Gasteiger partial charge < -0.3 is 9.47 Å². The highest BCUT2D eigenvalue weighted by Crippen LogP contribution is 2.13. The summed E-state index contributed by atoms with van der Waals surface area (Å²) in [6.07, 6.45) is 16.1. The topological polar surface area (TPSA) is 52.6 Å². The fourth-order valence-electron chi connectivity index (χ4n) is 3.06. The van der Waals surface area contributed by atoms with E-state index in [1.807, 2.05) is 0 Å². The number of rotatable bonds is 19. The Morgan fingerprint density at radius 3 is 1.81 bits per heavy atom. The second kappa shape index (κ2) is 19.7. The van der Waals surface area contributed by atoms with E-state index in [2.05, 4.69) is 20.8 Å². The Morgan fingerprint density at radius 1 is 0.667 bits per heavy atom. The maximum atomic E-state index is 11.9. The fourth-order valence-corrected chi connectivity index (χ4v) is 3.06. The molecule has 0 aromatic rings. The number of carbonyl (C=O) groups is 2. The fraction of sp³-hybridized carbons (Fsp3) is 0.913. The van der Waals surface area contributed by atoms with E-state index in [4.69, 9.17) is 9.47 Å². The molecule has 1 atom stereocenters. The molecule has 0 bridgehead atoms. The van der Waals surface area contributed by atoms with Crippen LogP contribution in [0.5, 0.6) is 0 Å². The van der Waals surface area contributed by atoms with Gasteiger partial charge in [0.05, 0.1) is 6.61 Å². The van der Waals surface area contributed by atoms with E-state index in [9.17, 15) is 9.59 Å². The van der Waals surface area contributed by atoms with E-state index in [1.165, 1.54) is 12.8 Å². The summed E-state index contributed by atoms with van der Waals surface area (Å²) in [6, 6.07) is 0. The standard InChI is InChI=1S/C23H44O4/c1-4-7-9-16-20-26-22(24)18-14-12-10-11-13-15-19-23(25)27-21(6-3)17-8-5-2/h21H,4-20H2,1-3H3. The van der Waals surface area contributed by atoms with Crippen LogP contribution in [0.2, 0.25) is 0 Å². The van der Waals surface area contributed by atoms with Crippen LogP contribution in [0.3, 0.4) is 0 Å². The molecule has 0 N–H and O–H groups in total. The maximum absolute atomic E-state index is 11.9. The zero-order chi connectivity index (χ0) is 20.2. The van der Waals surface area contributed by atoms with E-state index < -0.39 is 0 Å². The predicted molar refractivity (Wildman–Crippen MR) is 112 cm³/mol. The molecule has 0 aliphatic heterocycles. The molecule has 0 aromatic carbocycles. The van der Waals surface area contributed by atoms with Crippen molar-refractivity contribution in [2.24, 2.45) is 0 Å². The Kier molecular flexibility index (Phi) is 18.9. The molecule has 0 heterocycles. The monoisotopic (exact) mass is 384 g/mol. The molecule has 0 aliphatic carbocycles. The summed E-state index contributed by atoms with van der Waals surface area (Å²) in [7, 11) is 0. The van der Waals surface area contributed by atoms with E-state index in [-0.39, 0.29) is 18.0 Å². The van der Waals surface area contributed by atoms with Crippen LogP contribution in [0.25, 0.3) is 0 Å². The number of hydrogen-bond acceptors (Lipinski definition) is 4. The van der Waals surface area contributed by atoms with Crippen molar-refractivity contribution in [2.75, 3.05) is 6.61 Å². The van der Waals surface area contributed by atoms with Crippen molar-refractivity contribution >= 4 is 11.9 Å². The van der Waals surface area contributed by atoms with Gasteiger partial charge in [0.2, 0.25) is 0 Å². The summed E-state index contributed by atoms with van der Waals surface area (Å²) in [5.74, 6) is -0.0950. The van der Waals surface area contributed by atoms with Crippen LogP contribution < -0.4 is 0 Å². The van der Waals surface area contributed by atoms with Crippen molar-refractivity contribution in [3.63, 3.8) is 0 Å². The van der Waals surface area contributed by atoms with Crippen LogP contribution in [0, 0.1) is 0 Å². The van der Waals surface area contributed by atoms with Gasteiger partial charge in [-0.25, -0.2) is 0 Å². The Balaban J connectivity index is 3.43. The van der Waals surface area contributed by atoms with Gasteiger partial charge in [0.1, 0.15) is 6.10 Å². The lowest BCUT2D eigenvalue weighted by molar-refractivity contribution is -0.149. The van der Waals surface area contributed by atoms with Crippen molar-refractivity contribution in [1.82, 2.24) is 0 Å². The second-order valence-corrected chi connectivity index (χ2v) is 7.56. The van der Waals surface area contributed by atoms with Crippen molar-refractivity contribution in [1.29, 1.82) is 0 Å². The SMILES string of the molecule is CCCCCCOC(=O)CCCCCCCCC(=O)OC(CC)CCCC. The Hall–Kier alpha value is -1.06. The minimum atomic E-state index is -0.0530. The van der Waals surface area contributed by atoms with Crippen LogP contribution in [-0.2, 0) is 19.1 Å². The lowest BCUT2D eigenvalue weighted by Crippen LogP contribution is -2.17. The van der Waals surface area contributed by atoms with Gasteiger partial charge in [-0.15, -0.1) is 0 Å². The minimum Gasteiger partial charge on any atom is -0.466 e. The molecular weight excluding hydrogens is 340 g/mol. The van der Waals surface area contributed by atoms with Gasteiger partial charge in [-0.1, -0.05) is 78.6 Å². The molecule has 0 fully saturated rings. The van der Waals surface area contributed by atoms with Crippen molar-refractivity contribution in [3.05, 3.63) is 0 Å². The summed E-state index contributed by atoms with van der Waals surface area (Å²) < 4.78 is 10.8. The molecule has 1 unspecified atom stereocenters. The molecule has 4 heteroatoms. The van der Waals surface area contributed by atoms with Crippen LogP contribution in [-0.4, -0.2) is 24.6 Å². The smallest absolute Gasteiger partial charge is 0.306 e. The first-order valence-corrected chi connectivity index (χ1v) is 11.5. The third-order valence-electron chi connectivity index (χ3n) is 4.91. The third-order valence-corrected chi connectivity index (χ3v) is 4.91. The lowest BCUT2D eigenvalue weighted by Gasteiger charge is -2.15. The van der Waals surface area contributed by atoms with Crippen LogP contribution in [0.1, 0.15) is 124 Å². The van der Waals surface area contributed by atoms with Gasteiger partial charge in [0, 0.05) is 12.8 Å². The Labute approximate surface area is 167 Å². The molecule has 0 aliphatic rings. The molecule has 0 radical (unpaired) electrons. The van der Waals surface area contributed by atoms with E-state index >= 15 is 0 Å². The molecule has 0 amide bonds. The highest BCUT2D eigenvalue weighted by Gasteiger charge is 2.11. The molecule has 0 saturated carbocycles. The summed E-state index contributed by atoms with van der Waals surface area (Å²) in [4.78, 5) is 23.4. The molecule has 0 rings (SSSR count). The number of esters is 2. The first kappa shape index (κ1) is 25.9. The average Bonchev–Trinajstić information content (AvgIpc) is 2.66. The quantitative estimate of drug-likeness (QED) is 0.183. The zero-order valence-corrected chi connectivity index (χ0v) is 18.2. The van der Waals surface area contributed by atoms with Gasteiger partial charge in [0.25, 0.3) is 0 Å². The summed E-state index contributed by atoms with van der Waals surface area (Å²) in [5, 5.41) is 0. The number of ether oxygens (including phenoxy) is 2. The molecule has 0 spiro atoms. The van der Waals surface area contributed by atoms with Gasteiger partial charge in [-0.2, -0.15) is 0 Å². The number of carbonyl (C=O) groups excluding carboxylic acids is 2. The predicted octanol–water partition coefficient (Wildman–Crippen LogP) is 6.74. The largest absolute Gasteiger partial charge is 0.466 e. The summed E-state index contributed by atoms with van der Waals surface area (Å²) in [5.41, 5.74) is 0. The molecule has 27 heavy (non-hydrogen) atoms. The third kappa shape index (κ3) is 18.1. The molecular formula is C23H44O4. The highest BCUT2D eigenvalue weighted by molar-refractivity contribution is 5.69. The molecule has 0 saturated heterocycles. The average molecular weight is 385 g/mol. The van der Waals surface area contributed by atoms with Crippen LogP contribution >= 0.6 is 0 Å². The number of hydrogen-bond donors (Lipinski definition) is 0. The first-order chi connectivity index (χ1) is 13.1. The van der Waals surface area contributed by atoms with E-state index in [0.29, 0.717) is 19.4 Å². The number of unbranched alkanes of at least 4 members (excludes halogenated alkanes) is 9. The van der Waals surface area contributed by atoms with Crippen molar-refractivity contribution < 1.29 is 19.1 Å². The van der Waals surface area contributed by atoms with Gasteiger partial charge in [0.15, 0.2) is 0 Å². The highest BCUT2D eigenvalue weighted by atomic mass is 16.5. The zero-order valence-electron chi connectivity index (χ0n) is 18.2. The maximum Gasteiger partial charge on any atom is 0.306 e. The lowest BCUT2D eigenvalue weighted by atomic mass is 10.1. The van der Waals surface area contributed by atoms with Crippen LogP contribution in [0.15, 0.2) is 0 Å². The van der Waals surface area contributed by atoms with Crippen molar-refractivity contribution in [3.8, 4) is 0 Å². The second-order valence-electron chi connectivity index (χ2n) is 7.56. The minimum absolute atomic E-state index is 0.0420. The summed E-state index contributed by atoms with van der Waals surface area (Å²) >= 11 is 0. The van der Waals surface area contributed by atoms with Gasteiger partial charge >= 0.3 is 11.9 Å². The summed E-state index contributed by atoms with van der Waals surface area (Å²) in [6.45, 7) is 6.99. The first-order valence-electron chi connectivity index (χ1n) is 11.5. The normalized spacial score (nSPS) is 12.0. The van der Waals surface area contributed by atoms with Gasteiger partial charge in [-0.3, -0.25) is 9.59 Å². The Morgan fingerprint density at radius 2 is 1.22 bits per heavy atom. The Bertz CT molecular complexity index is 354. The molecule has 4 nitrogen and oxygen atoms in total. The molecule has 0 aromatic heterocycles. The van der Waals surface area contributed by atoms with E-state index in [1.54, 1.807) is 0 Å². The van der Waals surface area contributed by atoms with E-state index in [0.717, 1.165) is 77.0 Å². The van der Waals surface area contributed by atoms with Gasteiger partial charge in [-0.05, 0) is 32.1 Å².